The van der Waals surface area contributed by atoms with E-state index in [1.807, 2.05) is 4.90 Å². The van der Waals surface area contributed by atoms with E-state index in [2.05, 4.69) is 4.74 Å². The summed E-state index contributed by atoms with van der Waals surface area (Å²) in [6.45, 7) is 0.934. The van der Waals surface area contributed by atoms with Gasteiger partial charge >= 0.3 is 5.97 Å². The van der Waals surface area contributed by atoms with E-state index in [9.17, 15) is 4.79 Å². The van der Waals surface area contributed by atoms with Crippen molar-refractivity contribution in [1.82, 2.24) is 4.90 Å². The Morgan fingerprint density at radius 2 is 2.42 bits per heavy atom. The molecular formula is C7H12NO2SW-. The molecular weight excluding hydrogens is 346 g/mol. The molecule has 0 aromatic heterocycles. The van der Waals surface area contributed by atoms with Crippen molar-refractivity contribution in [3.05, 3.63) is 0 Å². The van der Waals surface area contributed by atoms with Crippen molar-refractivity contribution in [2.45, 2.75) is 18.9 Å². The summed E-state index contributed by atoms with van der Waals surface area (Å²) in [5, 5.41) is 0. The van der Waals surface area contributed by atoms with E-state index in [0.717, 1.165) is 19.4 Å². The van der Waals surface area contributed by atoms with Gasteiger partial charge in [-0.05, 0) is 19.4 Å². The van der Waals surface area contributed by atoms with Crippen molar-refractivity contribution >= 4 is 18.6 Å². The number of esters is 1. The zero-order valence-electron chi connectivity index (χ0n) is 6.99. The van der Waals surface area contributed by atoms with Crippen LogP contribution in [0.4, 0.5) is 0 Å². The zero-order chi connectivity index (χ0) is 8.27. The average molecular weight is 358 g/mol. The number of likely N-dealkylation sites (tertiary alicyclic amines) is 1. The summed E-state index contributed by atoms with van der Waals surface area (Å²) in [5.41, 5.74) is 0. The monoisotopic (exact) mass is 358 g/mol. The van der Waals surface area contributed by atoms with Gasteiger partial charge in [-0.1, -0.05) is 0 Å². The van der Waals surface area contributed by atoms with E-state index >= 15 is 0 Å². The van der Waals surface area contributed by atoms with Crippen molar-refractivity contribution in [3.8, 4) is 0 Å². The number of carbonyl (C=O) groups is 1. The van der Waals surface area contributed by atoms with Crippen LogP contribution < -0.4 is 0 Å². The molecule has 70 valence electrons. The minimum atomic E-state index is -0.146. The van der Waals surface area contributed by atoms with Crippen LogP contribution in [0.2, 0.25) is 0 Å². The number of nitrogens with zero attached hydrogens (tertiary/aromatic N) is 1. The van der Waals surface area contributed by atoms with Crippen LogP contribution in [0.5, 0.6) is 0 Å². The van der Waals surface area contributed by atoms with Crippen LogP contribution in [0.3, 0.4) is 0 Å². The summed E-state index contributed by atoms with van der Waals surface area (Å²) in [6.07, 6.45) is 1.94. The van der Waals surface area contributed by atoms with Crippen LogP contribution in [0.1, 0.15) is 12.8 Å². The Kier molecular flexibility index (Phi) is 6.24. The van der Waals surface area contributed by atoms with Gasteiger partial charge in [0.25, 0.3) is 0 Å². The molecule has 1 heterocycles. The quantitative estimate of drug-likeness (QED) is 0.519. The number of rotatable bonds is 2. The third-order valence-electron chi connectivity index (χ3n) is 2.00. The van der Waals surface area contributed by atoms with E-state index in [1.54, 1.807) is 0 Å². The summed E-state index contributed by atoms with van der Waals surface area (Å²) < 4.78 is 4.64. The fraction of sp³-hybridized carbons (Fsp3) is 0.857. The number of ether oxygens (including phenoxy) is 1. The molecule has 0 saturated carbocycles. The molecule has 1 unspecified atom stereocenters. The summed E-state index contributed by atoms with van der Waals surface area (Å²) in [5.74, 6) is 0.382. The van der Waals surface area contributed by atoms with Gasteiger partial charge in [0.05, 0.1) is 7.11 Å². The normalized spacial score (nSPS) is 23.3. The topological polar surface area (TPSA) is 29.5 Å². The summed E-state index contributed by atoms with van der Waals surface area (Å²) in [7, 11) is 1.42. The van der Waals surface area contributed by atoms with Crippen LogP contribution in [-0.4, -0.2) is 36.4 Å². The second-order valence-electron chi connectivity index (χ2n) is 2.62. The molecule has 12 heavy (non-hydrogen) atoms. The summed E-state index contributed by atoms with van der Waals surface area (Å²) >= 11 is 4.87. The average Bonchev–Trinajstić information content (AvgIpc) is 2.50. The fourth-order valence-electron chi connectivity index (χ4n) is 1.38. The van der Waals surface area contributed by atoms with Gasteiger partial charge in [-0.2, -0.15) is 0 Å². The predicted molar refractivity (Wildman–Crippen MR) is 44.0 cm³/mol. The molecule has 1 rings (SSSR count). The Morgan fingerprint density at radius 1 is 1.75 bits per heavy atom. The fourth-order valence-corrected chi connectivity index (χ4v) is 1.69. The first-order valence-electron chi connectivity index (χ1n) is 3.69. The van der Waals surface area contributed by atoms with Gasteiger partial charge in [0.2, 0.25) is 0 Å². The Balaban J connectivity index is 0.00000121. The van der Waals surface area contributed by atoms with Crippen molar-refractivity contribution in [3.63, 3.8) is 0 Å². The van der Waals surface area contributed by atoms with Crippen LogP contribution in [0.15, 0.2) is 0 Å². The summed E-state index contributed by atoms with van der Waals surface area (Å²) in [4.78, 5) is 13.0. The van der Waals surface area contributed by atoms with Crippen LogP contribution in [-0.2, 0) is 43.2 Å². The molecule has 0 amide bonds. The van der Waals surface area contributed by atoms with Gasteiger partial charge < -0.3 is 22.3 Å². The molecule has 1 atom stereocenters. The second kappa shape index (κ2) is 6.00. The van der Waals surface area contributed by atoms with E-state index in [4.69, 9.17) is 12.6 Å². The maximum atomic E-state index is 11.1. The van der Waals surface area contributed by atoms with Gasteiger partial charge in [0.15, 0.2) is 0 Å². The Bertz CT molecular complexity index is 156. The number of carbonyl (C=O) groups excluding carboxylic acids is 1. The molecule has 0 aromatic carbocycles. The number of hydrogen-bond donors (Lipinski definition) is 0. The largest absolute Gasteiger partial charge is 0.777 e. The summed E-state index contributed by atoms with van der Waals surface area (Å²) in [6, 6.07) is -0.0718. The van der Waals surface area contributed by atoms with Crippen molar-refractivity contribution in [2.75, 3.05) is 19.5 Å². The van der Waals surface area contributed by atoms with Gasteiger partial charge in [-0.15, -0.1) is 5.88 Å². The number of hydrogen-bond acceptors (Lipinski definition) is 4. The second-order valence-corrected chi connectivity index (χ2v) is 2.88. The molecule has 0 aliphatic carbocycles. The van der Waals surface area contributed by atoms with Crippen molar-refractivity contribution in [1.29, 1.82) is 0 Å². The molecule has 3 nitrogen and oxygen atoms in total. The van der Waals surface area contributed by atoms with E-state index in [-0.39, 0.29) is 33.1 Å². The first-order valence-corrected chi connectivity index (χ1v) is 4.27. The first kappa shape index (κ1) is 12.5. The van der Waals surface area contributed by atoms with Crippen LogP contribution >= 0.6 is 0 Å². The molecule has 1 fully saturated rings. The smallest absolute Gasteiger partial charge is 0.323 e. The van der Waals surface area contributed by atoms with E-state index < -0.39 is 0 Å². The third-order valence-corrected chi connectivity index (χ3v) is 2.33. The maximum Gasteiger partial charge on any atom is 0.323 e. The predicted octanol–water partition coefficient (Wildman–Crippen LogP) is 0.126. The van der Waals surface area contributed by atoms with Crippen LogP contribution in [0.25, 0.3) is 0 Å². The Morgan fingerprint density at radius 3 is 2.92 bits per heavy atom. The number of methoxy groups -OCH3 is 1. The van der Waals surface area contributed by atoms with E-state index in [0.29, 0.717) is 5.88 Å². The van der Waals surface area contributed by atoms with Crippen molar-refractivity contribution < 1.29 is 30.6 Å². The SMILES string of the molecule is COC(=O)C1CCCN1C[S-].[W]. The van der Waals surface area contributed by atoms with Gasteiger partial charge in [-0.3, -0.25) is 4.79 Å². The molecule has 0 radical (unpaired) electrons. The third kappa shape index (κ3) is 2.75. The molecule has 1 aliphatic heterocycles. The molecule has 1 saturated heterocycles. The molecule has 5 heteroatoms. The van der Waals surface area contributed by atoms with E-state index in [1.165, 1.54) is 7.11 Å². The first-order chi connectivity index (χ1) is 5.29. The standard InChI is InChI=1S/C7H13NO2S.W/c1-10-7(9)6-3-2-4-8(6)5-11;/h6,11H,2-5H2,1H3;/p-1. The molecule has 0 aromatic rings. The Labute approximate surface area is 92.5 Å². The van der Waals surface area contributed by atoms with Crippen LogP contribution in [0, 0.1) is 0 Å². The van der Waals surface area contributed by atoms with Crippen molar-refractivity contribution in [2.24, 2.45) is 0 Å². The van der Waals surface area contributed by atoms with Gasteiger partial charge in [0.1, 0.15) is 6.04 Å². The Hall–Kier alpha value is 0.468. The van der Waals surface area contributed by atoms with Gasteiger partial charge in [0, 0.05) is 21.1 Å². The molecule has 0 spiro atoms. The molecule has 0 bridgehead atoms. The van der Waals surface area contributed by atoms with Gasteiger partial charge in [-0.25, -0.2) is 0 Å². The minimum absolute atomic E-state index is 0. The zero-order valence-corrected chi connectivity index (χ0v) is 10.7. The molecule has 1 aliphatic rings. The maximum absolute atomic E-state index is 11.1. The minimum Gasteiger partial charge on any atom is -0.777 e. The molecule has 0 N–H and O–H groups in total.